The zero-order valence-corrected chi connectivity index (χ0v) is 8.77. The summed E-state index contributed by atoms with van der Waals surface area (Å²) in [6.45, 7) is 5.50. The number of hydrazine groups is 2. The third-order valence-electron chi connectivity index (χ3n) is 2.31. The normalized spacial score (nSPS) is 15.8. The fraction of sp³-hybridized carbons (Fsp3) is 0.800. The molecule has 0 aromatic heterocycles. The first kappa shape index (κ1) is 10.4. The lowest BCUT2D eigenvalue weighted by Gasteiger charge is -2.14. The molecule has 1 heterocycles. The van der Waals surface area contributed by atoms with Crippen LogP contribution in [-0.4, -0.2) is 11.6 Å². The standard InChI is InChI=1S/C10H21N3/c1-3-5-6-7-8-13-9-10(4-2)11-12-13/h9,11-12H,3-8H2,1-2H3. The predicted octanol–water partition coefficient (Wildman–Crippen LogP) is 2.14. The van der Waals surface area contributed by atoms with E-state index in [4.69, 9.17) is 0 Å². The number of hydrogen-bond acceptors (Lipinski definition) is 3. The average molecular weight is 183 g/mol. The summed E-state index contributed by atoms with van der Waals surface area (Å²) in [7, 11) is 0. The van der Waals surface area contributed by atoms with Crippen LogP contribution in [0.4, 0.5) is 0 Å². The van der Waals surface area contributed by atoms with Crippen LogP contribution in [0, 0.1) is 0 Å². The molecule has 0 aliphatic carbocycles. The summed E-state index contributed by atoms with van der Waals surface area (Å²) in [6.07, 6.45) is 8.50. The number of allylic oxidation sites excluding steroid dienone is 1. The Bertz CT molecular complexity index is 166. The smallest absolute Gasteiger partial charge is 0.0450 e. The van der Waals surface area contributed by atoms with E-state index >= 15 is 0 Å². The minimum atomic E-state index is 1.07. The zero-order valence-electron chi connectivity index (χ0n) is 8.77. The van der Waals surface area contributed by atoms with Crippen molar-refractivity contribution in [2.24, 2.45) is 0 Å². The summed E-state index contributed by atoms with van der Waals surface area (Å²) >= 11 is 0. The Balaban J connectivity index is 2.06. The maximum absolute atomic E-state index is 3.13. The van der Waals surface area contributed by atoms with Crippen molar-refractivity contribution in [3.63, 3.8) is 0 Å². The van der Waals surface area contributed by atoms with Crippen molar-refractivity contribution in [1.29, 1.82) is 0 Å². The summed E-state index contributed by atoms with van der Waals surface area (Å²) in [5.41, 5.74) is 7.53. The van der Waals surface area contributed by atoms with Gasteiger partial charge in [-0.25, -0.2) is 0 Å². The maximum Gasteiger partial charge on any atom is 0.0450 e. The van der Waals surface area contributed by atoms with Gasteiger partial charge < -0.3 is 5.43 Å². The molecule has 0 aromatic rings. The predicted molar refractivity (Wildman–Crippen MR) is 55.5 cm³/mol. The molecule has 2 N–H and O–H groups in total. The highest BCUT2D eigenvalue weighted by molar-refractivity contribution is 5.00. The van der Waals surface area contributed by atoms with Gasteiger partial charge in [0.05, 0.1) is 0 Å². The van der Waals surface area contributed by atoms with Crippen LogP contribution in [0.2, 0.25) is 0 Å². The van der Waals surface area contributed by atoms with E-state index in [1.807, 2.05) is 0 Å². The fourth-order valence-electron chi connectivity index (χ4n) is 1.41. The van der Waals surface area contributed by atoms with Crippen molar-refractivity contribution >= 4 is 0 Å². The number of nitrogens with one attached hydrogen (secondary N) is 2. The summed E-state index contributed by atoms with van der Waals surface area (Å²) in [5.74, 6) is 0. The van der Waals surface area contributed by atoms with Gasteiger partial charge in [0.15, 0.2) is 0 Å². The van der Waals surface area contributed by atoms with Gasteiger partial charge in [-0.2, -0.15) is 0 Å². The molecule has 1 aliphatic heterocycles. The summed E-state index contributed by atoms with van der Waals surface area (Å²) in [5, 5.41) is 2.13. The first-order valence-corrected chi connectivity index (χ1v) is 5.35. The van der Waals surface area contributed by atoms with Crippen molar-refractivity contribution in [3.05, 3.63) is 11.9 Å². The number of hydrogen-bond donors (Lipinski definition) is 2. The van der Waals surface area contributed by atoms with Crippen molar-refractivity contribution in [2.45, 2.75) is 46.0 Å². The molecular formula is C10H21N3. The van der Waals surface area contributed by atoms with Crippen LogP contribution < -0.4 is 11.0 Å². The molecule has 13 heavy (non-hydrogen) atoms. The molecule has 0 atom stereocenters. The lowest BCUT2D eigenvalue weighted by Crippen LogP contribution is -2.36. The number of rotatable bonds is 6. The molecule has 3 nitrogen and oxygen atoms in total. The van der Waals surface area contributed by atoms with Crippen LogP contribution in [0.15, 0.2) is 11.9 Å². The Morgan fingerprint density at radius 2 is 2.08 bits per heavy atom. The highest BCUT2D eigenvalue weighted by atomic mass is 15.7. The fourth-order valence-corrected chi connectivity index (χ4v) is 1.41. The van der Waals surface area contributed by atoms with E-state index < -0.39 is 0 Å². The molecule has 3 heteroatoms. The van der Waals surface area contributed by atoms with Gasteiger partial charge in [-0.05, 0) is 12.8 Å². The first-order valence-electron chi connectivity index (χ1n) is 5.35. The van der Waals surface area contributed by atoms with E-state index in [9.17, 15) is 0 Å². The van der Waals surface area contributed by atoms with Crippen LogP contribution >= 0.6 is 0 Å². The second-order valence-electron chi connectivity index (χ2n) is 3.50. The Morgan fingerprint density at radius 3 is 2.69 bits per heavy atom. The Labute approximate surface area is 81.1 Å². The third-order valence-corrected chi connectivity index (χ3v) is 2.31. The number of nitrogens with zero attached hydrogens (tertiary/aromatic N) is 1. The molecule has 0 fully saturated rings. The number of unbranched alkanes of at least 4 members (excludes halogenated alkanes) is 3. The molecule has 0 bridgehead atoms. The molecule has 76 valence electrons. The van der Waals surface area contributed by atoms with Crippen molar-refractivity contribution < 1.29 is 0 Å². The maximum atomic E-state index is 3.13. The lowest BCUT2D eigenvalue weighted by atomic mass is 10.2. The second-order valence-corrected chi connectivity index (χ2v) is 3.50. The van der Waals surface area contributed by atoms with Gasteiger partial charge in [-0.3, -0.25) is 5.01 Å². The van der Waals surface area contributed by atoms with E-state index in [0.717, 1.165) is 13.0 Å². The van der Waals surface area contributed by atoms with E-state index in [0.29, 0.717) is 0 Å². The summed E-state index contributed by atoms with van der Waals surface area (Å²) < 4.78 is 0. The van der Waals surface area contributed by atoms with Crippen LogP contribution in [0.5, 0.6) is 0 Å². The van der Waals surface area contributed by atoms with Crippen LogP contribution in [0.25, 0.3) is 0 Å². The molecule has 0 radical (unpaired) electrons. The Hall–Kier alpha value is -0.700. The monoisotopic (exact) mass is 183 g/mol. The molecular weight excluding hydrogens is 162 g/mol. The van der Waals surface area contributed by atoms with Gasteiger partial charge in [0, 0.05) is 18.4 Å². The third kappa shape index (κ3) is 3.68. The summed E-state index contributed by atoms with van der Waals surface area (Å²) in [4.78, 5) is 0. The van der Waals surface area contributed by atoms with Gasteiger partial charge in [0.2, 0.25) is 0 Å². The topological polar surface area (TPSA) is 27.3 Å². The van der Waals surface area contributed by atoms with Gasteiger partial charge in [-0.15, -0.1) is 5.53 Å². The molecule has 1 aliphatic rings. The first-order chi connectivity index (χ1) is 6.36. The second kappa shape index (κ2) is 5.86. The molecule has 0 unspecified atom stereocenters. The Kier molecular flexibility index (Phi) is 4.68. The SMILES string of the molecule is CCCCCCN1C=C(CC)NN1. The minimum Gasteiger partial charge on any atom is -0.306 e. The molecule has 0 amide bonds. The molecule has 0 saturated heterocycles. The minimum absolute atomic E-state index is 1.07. The van der Waals surface area contributed by atoms with Gasteiger partial charge in [0.1, 0.15) is 0 Å². The van der Waals surface area contributed by atoms with Crippen LogP contribution in [0.1, 0.15) is 46.0 Å². The average Bonchev–Trinajstić information content (AvgIpc) is 2.60. The van der Waals surface area contributed by atoms with Crippen molar-refractivity contribution in [3.8, 4) is 0 Å². The highest BCUT2D eigenvalue weighted by Crippen LogP contribution is 2.05. The zero-order chi connectivity index (χ0) is 9.52. The van der Waals surface area contributed by atoms with Crippen molar-refractivity contribution in [2.75, 3.05) is 6.54 Å². The summed E-state index contributed by atoms with van der Waals surface area (Å²) in [6, 6.07) is 0. The quantitative estimate of drug-likeness (QED) is 0.618. The van der Waals surface area contributed by atoms with E-state index in [1.165, 1.54) is 31.4 Å². The molecule has 0 spiro atoms. The largest absolute Gasteiger partial charge is 0.306 e. The van der Waals surface area contributed by atoms with Gasteiger partial charge in [0.25, 0.3) is 0 Å². The molecule has 1 rings (SSSR count). The highest BCUT2D eigenvalue weighted by Gasteiger charge is 2.07. The van der Waals surface area contributed by atoms with Crippen LogP contribution in [-0.2, 0) is 0 Å². The van der Waals surface area contributed by atoms with Gasteiger partial charge >= 0.3 is 0 Å². The lowest BCUT2D eigenvalue weighted by molar-refractivity contribution is 0.264. The van der Waals surface area contributed by atoms with Gasteiger partial charge in [-0.1, -0.05) is 33.1 Å². The van der Waals surface area contributed by atoms with Crippen molar-refractivity contribution in [1.82, 2.24) is 16.0 Å². The Morgan fingerprint density at radius 1 is 1.23 bits per heavy atom. The molecule has 0 saturated carbocycles. The van der Waals surface area contributed by atoms with Crippen LogP contribution in [0.3, 0.4) is 0 Å². The van der Waals surface area contributed by atoms with E-state index in [2.05, 4.69) is 36.0 Å². The van der Waals surface area contributed by atoms with E-state index in [-0.39, 0.29) is 0 Å². The van der Waals surface area contributed by atoms with E-state index in [1.54, 1.807) is 0 Å². The molecule has 0 aromatic carbocycles.